The monoisotopic (exact) mass is 321 g/mol. The normalized spacial score (nSPS) is 12.3. The van der Waals surface area contributed by atoms with E-state index in [1.54, 1.807) is 6.26 Å². The molecule has 0 aliphatic heterocycles. The summed E-state index contributed by atoms with van der Waals surface area (Å²) < 4.78 is 10.9. The Labute approximate surface area is 133 Å². The highest BCUT2D eigenvalue weighted by molar-refractivity contribution is 7.84. The number of aromatic amines is 1. The quantitative estimate of drug-likeness (QED) is 0.683. The number of H-pyrrole nitrogens is 1. The molecule has 0 radical (unpaired) electrons. The minimum atomic E-state index is -0.797. The molecule has 0 bridgehead atoms. The van der Waals surface area contributed by atoms with Crippen LogP contribution >= 0.6 is 0 Å². The number of urea groups is 1. The van der Waals surface area contributed by atoms with Gasteiger partial charge in [-0.05, 0) is 30.9 Å². The number of benzene rings is 1. The molecule has 1 aromatic heterocycles. The van der Waals surface area contributed by atoms with E-state index in [-0.39, 0.29) is 6.03 Å². The average molecular weight is 321 g/mol. The molecule has 5 nitrogen and oxygen atoms in total. The van der Waals surface area contributed by atoms with E-state index in [4.69, 9.17) is 0 Å². The number of nitrogens with one attached hydrogen (secondary N) is 3. The lowest BCUT2D eigenvalue weighted by atomic mass is 10.1. The first-order valence-electron chi connectivity index (χ1n) is 7.45. The lowest BCUT2D eigenvalue weighted by Gasteiger charge is -2.07. The van der Waals surface area contributed by atoms with Gasteiger partial charge in [0.25, 0.3) is 0 Å². The van der Waals surface area contributed by atoms with Gasteiger partial charge in [-0.15, -0.1) is 0 Å². The van der Waals surface area contributed by atoms with Crippen molar-refractivity contribution < 1.29 is 9.00 Å². The number of aryl methyl sites for hydroxylation is 1. The third-order valence-corrected chi connectivity index (χ3v) is 4.45. The first-order valence-corrected chi connectivity index (χ1v) is 9.18. The van der Waals surface area contributed by atoms with Crippen molar-refractivity contribution in [2.45, 2.75) is 19.8 Å². The molecular formula is C16H23N3O2S. The summed E-state index contributed by atoms with van der Waals surface area (Å²) in [4.78, 5) is 14.9. The van der Waals surface area contributed by atoms with E-state index in [2.05, 4.69) is 34.7 Å². The van der Waals surface area contributed by atoms with Gasteiger partial charge in [0.2, 0.25) is 0 Å². The van der Waals surface area contributed by atoms with Crippen LogP contribution in [0.15, 0.2) is 24.4 Å². The molecule has 1 atom stereocenters. The molecule has 1 unspecified atom stereocenters. The average Bonchev–Trinajstić information content (AvgIpc) is 2.88. The van der Waals surface area contributed by atoms with Crippen LogP contribution in [-0.2, 0) is 17.2 Å². The third-order valence-electron chi connectivity index (χ3n) is 3.58. The number of para-hydroxylation sites is 1. The van der Waals surface area contributed by atoms with Crippen LogP contribution in [0.2, 0.25) is 0 Å². The summed E-state index contributed by atoms with van der Waals surface area (Å²) in [6.45, 7) is 3.22. The maximum Gasteiger partial charge on any atom is 0.314 e. The maximum absolute atomic E-state index is 11.6. The molecule has 2 aromatic rings. The van der Waals surface area contributed by atoms with Crippen LogP contribution in [0.5, 0.6) is 0 Å². The van der Waals surface area contributed by atoms with E-state index in [0.29, 0.717) is 18.8 Å². The van der Waals surface area contributed by atoms with Gasteiger partial charge < -0.3 is 15.6 Å². The predicted octanol–water partition coefficient (Wildman–Crippen LogP) is 2.09. The number of fused-ring (bicyclic) bond motifs is 1. The summed E-state index contributed by atoms with van der Waals surface area (Å²) in [6.07, 6.45) is 5.20. The Hall–Kier alpha value is -1.82. The second-order valence-corrected chi connectivity index (χ2v) is 6.93. The summed E-state index contributed by atoms with van der Waals surface area (Å²) in [5.41, 5.74) is 3.60. The van der Waals surface area contributed by atoms with Crippen LogP contribution in [0.4, 0.5) is 4.79 Å². The van der Waals surface area contributed by atoms with Crippen molar-refractivity contribution >= 4 is 27.7 Å². The summed E-state index contributed by atoms with van der Waals surface area (Å²) >= 11 is 0. The van der Waals surface area contributed by atoms with Crippen molar-refractivity contribution in [2.24, 2.45) is 0 Å². The predicted molar refractivity (Wildman–Crippen MR) is 91.7 cm³/mol. The fourth-order valence-corrected chi connectivity index (χ4v) is 2.97. The Morgan fingerprint density at radius 3 is 2.82 bits per heavy atom. The van der Waals surface area contributed by atoms with Gasteiger partial charge in [0.1, 0.15) is 0 Å². The fraction of sp³-hybridized carbons (Fsp3) is 0.438. The van der Waals surface area contributed by atoms with E-state index in [0.717, 1.165) is 18.4 Å². The van der Waals surface area contributed by atoms with Gasteiger partial charge in [0.15, 0.2) is 0 Å². The number of carbonyl (C=O) groups excluding carboxylic acids is 1. The van der Waals surface area contributed by atoms with E-state index in [1.807, 2.05) is 12.3 Å². The minimum Gasteiger partial charge on any atom is -0.361 e. The second kappa shape index (κ2) is 7.98. The van der Waals surface area contributed by atoms with Crippen molar-refractivity contribution in [1.82, 2.24) is 15.6 Å². The van der Waals surface area contributed by atoms with E-state index < -0.39 is 10.8 Å². The van der Waals surface area contributed by atoms with Crippen LogP contribution < -0.4 is 10.6 Å². The van der Waals surface area contributed by atoms with Crippen LogP contribution in [0.1, 0.15) is 17.5 Å². The minimum absolute atomic E-state index is 0.169. The molecule has 0 aliphatic carbocycles. The van der Waals surface area contributed by atoms with Gasteiger partial charge in [0.05, 0.1) is 0 Å². The van der Waals surface area contributed by atoms with E-state index in [9.17, 15) is 9.00 Å². The summed E-state index contributed by atoms with van der Waals surface area (Å²) in [5, 5.41) is 6.84. The number of amides is 2. The van der Waals surface area contributed by atoms with Gasteiger partial charge in [-0.3, -0.25) is 4.21 Å². The highest BCUT2D eigenvalue weighted by atomic mass is 32.2. The summed E-state index contributed by atoms with van der Waals surface area (Å²) in [6, 6.07) is 6.06. The van der Waals surface area contributed by atoms with Crippen molar-refractivity contribution in [3.05, 3.63) is 35.5 Å². The van der Waals surface area contributed by atoms with Crippen LogP contribution in [-0.4, -0.2) is 40.3 Å². The van der Waals surface area contributed by atoms with Gasteiger partial charge in [-0.1, -0.05) is 18.2 Å². The molecule has 2 amide bonds. The van der Waals surface area contributed by atoms with Crippen molar-refractivity contribution in [2.75, 3.05) is 25.1 Å². The third kappa shape index (κ3) is 4.59. The molecule has 1 aromatic carbocycles. The smallest absolute Gasteiger partial charge is 0.314 e. The fourth-order valence-electron chi connectivity index (χ4n) is 2.42. The van der Waals surface area contributed by atoms with E-state index in [1.165, 1.54) is 16.5 Å². The maximum atomic E-state index is 11.6. The summed E-state index contributed by atoms with van der Waals surface area (Å²) in [7, 11) is -0.797. The largest absolute Gasteiger partial charge is 0.361 e. The lowest BCUT2D eigenvalue weighted by Crippen LogP contribution is -2.37. The van der Waals surface area contributed by atoms with Gasteiger partial charge >= 0.3 is 6.03 Å². The molecule has 0 saturated carbocycles. The zero-order chi connectivity index (χ0) is 15.9. The SMILES string of the molecule is Cc1cccc2c(CCNC(=O)NCCCS(C)=O)c[nH]c12. The highest BCUT2D eigenvalue weighted by Crippen LogP contribution is 2.21. The molecule has 1 heterocycles. The Balaban J connectivity index is 1.75. The number of carbonyl (C=O) groups is 1. The molecule has 22 heavy (non-hydrogen) atoms. The molecule has 6 heteroatoms. The molecule has 0 fully saturated rings. The van der Waals surface area contributed by atoms with Crippen molar-refractivity contribution in [3.63, 3.8) is 0 Å². The number of aromatic nitrogens is 1. The molecular weight excluding hydrogens is 298 g/mol. The summed E-state index contributed by atoms with van der Waals surface area (Å²) in [5.74, 6) is 0.620. The molecule has 0 spiro atoms. The standard InChI is InChI=1S/C16H23N3O2S/c1-12-5-3-6-14-13(11-19-15(12)14)7-9-18-16(20)17-8-4-10-22(2)21/h3,5-6,11,19H,4,7-10H2,1-2H3,(H2,17,18,20). The lowest BCUT2D eigenvalue weighted by molar-refractivity contribution is 0.241. The molecule has 0 aliphatic rings. The first-order chi connectivity index (χ1) is 10.6. The zero-order valence-corrected chi connectivity index (χ0v) is 13.9. The van der Waals surface area contributed by atoms with Crippen molar-refractivity contribution in [3.8, 4) is 0 Å². The first kappa shape index (κ1) is 16.5. The number of hydrogen-bond donors (Lipinski definition) is 3. The Kier molecular flexibility index (Phi) is 6.00. The molecule has 120 valence electrons. The zero-order valence-electron chi connectivity index (χ0n) is 13.1. The molecule has 3 N–H and O–H groups in total. The van der Waals surface area contributed by atoms with Crippen LogP contribution in [0.25, 0.3) is 10.9 Å². The highest BCUT2D eigenvalue weighted by Gasteiger charge is 2.06. The Morgan fingerprint density at radius 2 is 2.05 bits per heavy atom. The Morgan fingerprint density at radius 1 is 1.27 bits per heavy atom. The van der Waals surface area contributed by atoms with Gasteiger partial charge in [-0.25, -0.2) is 4.79 Å². The van der Waals surface area contributed by atoms with Gasteiger partial charge in [-0.2, -0.15) is 0 Å². The second-order valence-electron chi connectivity index (χ2n) is 5.37. The Bertz CT molecular complexity index is 666. The molecule has 0 saturated heterocycles. The number of rotatable bonds is 7. The molecule has 2 rings (SSSR count). The van der Waals surface area contributed by atoms with Crippen LogP contribution in [0.3, 0.4) is 0 Å². The number of hydrogen-bond acceptors (Lipinski definition) is 2. The van der Waals surface area contributed by atoms with Crippen LogP contribution in [0, 0.1) is 6.92 Å². The van der Waals surface area contributed by atoms with Crippen molar-refractivity contribution in [1.29, 1.82) is 0 Å². The van der Waals surface area contributed by atoms with Gasteiger partial charge in [0, 0.05) is 53.0 Å². The topological polar surface area (TPSA) is 74.0 Å². The van der Waals surface area contributed by atoms with E-state index >= 15 is 0 Å².